The van der Waals surface area contributed by atoms with E-state index in [1.54, 1.807) is 29.9 Å². The number of nitrogens with zero attached hydrogens (tertiary/aromatic N) is 3. The minimum atomic E-state index is -0.368. The molecule has 0 radical (unpaired) electrons. The average Bonchev–Trinajstić information content (AvgIpc) is 3.12. The van der Waals surface area contributed by atoms with Crippen LogP contribution in [0.2, 0.25) is 5.02 Å². The maximum Gasteiger partial charge on any atom is 0.322 e. The molecule has 3 amide bonds. The Bertz CT molecular complexity index is 1120. The Labute approximate surface area is 193 Å². The Hall–Kier alpha value is -3.32. The number of carbonyl (C=O) groups is 2. The zero-order chi connectivity index (χ0) is 23.5. The van der Waals surface area contributed by atoms with Crippen LogP contribution in [0, 0.1) is 6.92 Å². The van der Waals surface area contributed by atoms with Crippen molar-refractivity contribution in [3.63, 3.8) is 0 Å². The Kier molecular flexibility index (Phi) is 6.89. The van der Waals surface area contributed by atoms with Gasteiger partial charge in [-0.25, -0.2) is 9.48 Å². The van der Waals surface area contributed by atoms with E-state index in [4.69, 9.17) is 11.6 Å². The van der Waals surface area contributed by atoms with Gasteiger partial charge >= 0.3 is 6.03 Å². The number of benzene rings is 2. The van der Waals surface area contributed by atoms with E-state index < -0.39 is 0 Å². The first-order valence-corrected chi connectivity index (χ1v) is 10.7. The molecule has 0 saturated heterocycles. The van der Waals surface area contributed by atoms with Crippen molar-refractivity contribution in [2.75, 3.05) is 24.2 Å². The van der Waals surface area contributed by atoms with Gasteiger partial charge in [0.25, 0.3) is 0 Å². The predicted molar refractivity (Wildman–Crippen MR) is 129 cm³/mol. The lowest BCUT2D eigenvalue weighted by Gasteiger charge is -2.18. The third-order valence-corrected chi connectivity index (χ3v) is 5.07. The van der Waals surface area contributed by atoms with Crippen LogP contribution in [0.3, 0.4) is 0 Å². The number of halogens is 1. The maximum atomic E-state index is 12.7. The number of hydrogen-bond acceptors (Lipinski definition) is 3. The van der Waals surface area contributed by atoms with Gasteiger partial charge < -0.3 is 15.5 Å². The predicted octanol–water partition coefficient (Wildman–Crippen LogP) is 5.23. The Morgan fingerprint density at radius 1 is 1.06 bits per heavy atom. The van der Waals surface area contributed by atoms with E-state index in [9.17, 15) is 9.59 Å². The molecule has 2 N–H and O–H groups in total. The fourth-order valence-electron chi connectivity index (χ4n) is 3.03. The molecule has 7 nitrogen and oxygen atoms in total. The smallest absolute Gasteiger partial charge is 0.318 e. The van der Waals surface area contributed by atoms with Crippen molar-refractivity contribution in [2.24, 2.45) is 0 Å². The van der Waals surface area contributed by atoms with Gasteiger partial charge in [-0.15, -0.1) is 0 Å². The molecule has 8 heteroatoms. The summed E-state index contributed by atoms with van der Waals surface area (Å²) in [5.41, 5.74) is 3.10. The summed E-state index contributed by atoms with van der Waals surface area (Å²) in [5.74, 6) is 0.192. The Morgan fingerprint density at radius 2 is 1.75 bits per heavy atom. The van der Waals surface area contributed by atoms with Crippen molar-refractivity contribution in [3.8, 4) is 5.69 Å². The summed E-state index contributed by atoms with van der Waals surface area (Å²) in [4.78, 5) is 26.5. The van der Waals surface area contributed by atoms with Gasteiger partial charge in [-0.05, 0) is 48.9 Å². The van der Waals surface area contributed by atoms with Crippen LogP contribution in [-0.4, -0.2) is 40.2 Å². The normalized spacial score (nSPS) is 11.2. The molecule has 0 unspecified atom stereocenters. The second kappa shape index (κ2) is 9.44. The van der Waals surface area contributed by atoms with Gasteiger partial charge in [0, 0.05) is 29.2 Å². The van der Waals surface area contributed by atoms with Crippen LogP contribution in [0.15, 0.2) is 54.6 Å². The van der Waals surface area contributed by atoms with Gasteiger partial charge in [0.1, 0.15) is 12.4 Å². The van der Waals surface area contributed by atoms with Gasteiger partial charge in [-0.1, -0.05) is 44.5 Å². The largest absolute Gasteiger partial charge is 0.322 e. The highest BCUT2D eigenvalue weighted by Crippen LogP contribution is 2.26. The summed E-state index contributed by atoms with van der Waals surface area (Å²) in [6.07, 6.45) is 0. The standard InChI is InChI=1S/C24H28ClN5O2/c1-16-7-6-8-18(13-16)26-23(32)29(5)15-22(31)27-21-14-20(24(2,3)4)28-30(21)19-11-9-17(25)10-12-19/h6-14H,15H2,1-5H3,(H,26,32)(H,27,31). The number of aromatic nitrogens is 2. The Balaban J connectivity index is 1.74. The van der Waals surface area contributed by atoms with Crippen LogP contribution >= 0.6 is 11.6 Å². The third kappa shape index (κ3) is 5.88. The molecule has 2 aromatic carbocycles. The van der Waals surface area contributed by atoms with Crippen molar-refractivity contribution in [2.45, 2.75) is 33.1 Å². The zero-order valence-electron chi connectivity index (χ0n) is 18.9. The number of urea groups is 1. The van der Waals surface area contributed by atoms with E-state index in [2.05, 4.69) is 36.5 Å². The fourth-order valence-corrected chi connectivity index (χ4v) is 3.15. The van der Waals surface area contributed by atoms with E-state index in [0.29, 0.717) is 16.5 Å². The summed E-state index contributed by atoms with van der Waals surface area (Å²) in [5, 5.41) is 11.0. The van der Waals surface area contributed by atoms with Crippen LogP contribution in [-0.2, 0) is 10.2 Å². The van der Waals surface area contributed by atoms with Crippen molar-refractivity contribution in [3.05, 3.63) is 70.9 Å². The molecule has 168 valence electrons. The van der Waals surface area contributed by atoms with Gasteiger partial charge in [0.05, 0.1) is 11.4 Å². The molecule has 0 aliphatic heterocycles. The number of carbonyl (C=O) groups excluding carboxylic acids is 2. The first-order chi connectivity index (χ1) is 15.0. The second-order valence-corrected chi connectivity index (χ2v) is 9.19. The number of anilines is 2. The van der Waals surface area contributed by atoms with E-state index >= 15 is 0 Å². The van der Waals surface area contributed by atoms with Crippen LogP contribution in [0.25, 0.3) is 5.69 Å². The van der Waals surface area contributed by atoms with E-state index in [1.807, 2.05) is 43.3 Å². The first kappa shape index (κ1) is 23.3. The number of nitrogens with one attached hydrogen (secondary N) is 2. The first-order valence-electron chi connectivity index (χ1n) is 10.3. The number of amides is 3. The monoisotopic (exact) mass is 453 g/mol. The number of hydrogen-bond donors (Lipinski definition) is 2. The maximum absolute atomic E-state index is 12.7. The highest BCUT2D eigenvalue weighted by Gasteiger charge is 2.22. The molecule has 0 aliphatic carbocycles. The second-order valence-electron chi connectivity index (χ2n) is 8.76. The number of aryl methyl sites for hydroxylation is 1. The van der Waals surface area contributed by atoms with Gasteiger partial charge in [0.15, 0.2) is 0 Å². The van der Waals surface area contributed by atoms with E-state index in [0.717, 1.165) is 16.9 Å². The summed E-state index contributed by atoms with van der Waals surface area (Å²) in [6.45, 7) is 7.99. The van der Waals surface area contributed by atoms with Gasteiger partial charge in [-0.2, -0.15) is 5.10 Å². The molecule has 3 rings (SSSR count). The molecule has 0 bridgehead atoms. The molecular formula is C24H28ClN5O2. The number of likely N-dealkylation sites (N-methyl/N-ethyl adjacent to an activating group) is 1. The third-order valence-electron chi connectivity index (χ3n) is 4.81. The molecule has 1 aromatic heterocycles. The number of rotatable bonds is 5. The van der Waals surface area contributed by atoms with E-state index in [1.165, 1.54) is 4.90 Å². The zero-order valence-corrected chi connectivity index (χ0v) is 19.7. The summed E-state index contributed by atoms with van der Waals surface area (Å²) in [6, 6.07) is 16.2. The average molecular weight is 454 g/mol. The van der Waals surface area contributed by atoms with Crippen LogP contribution in [0.5, 0.6) is 0 Å². The topological polar surface area (TPSA) is 79.3 Å². The summed E-state index contributed by atoms with van der Waals surface area (Å²) >= 11 is 6.01. The minimum absolute atomic E-state index is 0.117. The van der Waals surface area contributed by atoms with E-state index in [-0.39, 0.29) is 23.9 Å². The molecule has 0 fully saturated rings. The SMILES string of the molecule is Cc1cccc(NC(=O)N(C)CC(=O)Nc2cc(C(C)(C)C)nn2-c2ccc(Cl)cc2)c1. The molecule has 0 aliphatic rings. The summed E-state index contributed by atoms with van der Waals surface area (Å²) in [7, 11) is 1.57. The Morgan fingerprint density at radius 3 is 2.38 bits per heavy atom. The summed E-state index contributed by atoms with van der Waals surface area (Å²) < 4.78 is 1.67. The lowest BCUT2D eigenvalue weighted by molar-refractivity contribution is -0.116. The van der Waals surface area contributed by atoms with Crippen molar-refractivity contribution in [1.29, 1.82) is 0 Å². The van der Waals surface area contributed by atoms with Crippen molar-refractivity contribution >= 4 is 35.0 Å². The molecule has 0 saturated carbocycles. The van der Waals surface area contributed by atoms with Crippen molar-refractivity contribution < 1.29 is 9.59 Å². The quantitative estimate of drug-likeness (QED) is 0.554. The molecule has 3 aromatic rings. The molecule has 0 atom stereocenters. The molecule has 0 spiro atoms. The van der Waals surface area contributed by atoms with Crippen molar-refractivity contribution in [1.82, 2.24) is 14.7 Å². The molecular weight excluding hydrogens is 426 g/mol. The fraction of sp³-hybridized carbons (Fsp3) is 0.292. The van der Waals surface area contributed by atoms with Gasteiger partial charge in [0.2, 0.25) is 5.91 Å². The lowest BCUT2D eigenvalue weighted by atomic mass is 9.92. The lowest BCUT2D eigenvalue weighted by Crippen LogP contribution is -2.37. The van der Waals surface area contributed by atoms with Crippen LogP contribution < -0.4 is 10.6 Å². The minimum Gasteiger partial charge on any atom is -0.318 e. The highest BCUT2D eigenvalue weighted by atomic mass is 35.5. The van der Waals surface area contributed by atoms with Crippen LogP contribution in [0.1, 0.15) is 32.0 Å². The highest BCUT2D eigenvalue weighted by molar-refractivity contribution is 6.30. The molecule has 1 heterocycles. The van der Waals surface area contributed by atoms with Gasteiger partial charge in [-0.3, -0.25) is 4.79 Å². The molecule has 32 heavy (non-hydrogen) atoms. The van der Waals surface area contributed by atoms with Crippen LogP contribution in [0.4, 0.5) is 16.3 Å².